The molecule has 100 valence electrons. The van der Waals surface area contributed by atoms with Crippen LogP contribution < -0.4 is 0 Å². The number of halogens is 2. The maximum absolute atomic E-state index is 13.2. The zero-order valence-corrected chi connectivity index (χ0v) is 9.92. The highest BCUT2D eigenvalue weighted by Crippen LogP contribution is 2.19. The molecular formula is C13H7F2N3O2. The molecule has 0 saturated heterocycles. The smallest absolute Gasteiger partial charge is 0.335 e. The van der Waals surface area contributed by atoms with Gasteiger partial charge >= 0.3 is 5.97 Å². The molecule has 20 heavy (non-hydrogen) atoms. The predicted molar refractivity (Wildman–Crippen MR) is 65.7 cm³/mol. The van der Waals surface area contributed by atoms with Crippen LogP contribution in [0, 0.1) is 11.6 Å². The fourth-order valence-electron chi connectivity index (χ4n) is 1.91. The summed E-state index contributed by atoms with van der Waals surface area (Å²) in [7, 11) is 0. The number of carbonyl (C=O) groups is 1. The summed E-state index contributed by atoms with van der Waals surface area (Å²) in [5, 5.41) is 16.5. The molecule has 2 aromatic carbocycles. The normalized spacial score (nSPS) is 10.9. The summed E-state index contributed by atoms with van der Waals surface area (Å²) < 4.78 is 27.7. The maximum Gasteiger partial charge on any atom is 0.335 e. The summed E-state index contributed by atoms with van der Waals surface area (Å²) in [4.78, 5) is 10.9. The van der Waals surface area contributed by atoms with Crippen LogP contribution >= 0.6 is 0 Å². The topological polar surface area (TPSA) is 68.0 Å². The van der Waals surface area contributed by atoms with Crippen molar-refractivity contribution in [3.63, 3.8) is 0 Å². The van der Waals surface area contributed by atoms with Crippen molar-refractivity contribution in [3.8, 4) is 5.69 Å². The molecule has 0 atom stereocenters. The zero-order valence-electron chi connectivity index (χ0n) is 9.92. The van der Waals surface area contributed by atoms with E-state index >= 15 is 0 Å². The Hall–Kier alpha value is -2.83. The van der Waals surface area contributed by atoms with Crippen molar-refractivity contribution in [2.24, 2.45) is 0 Å². The minimum Gasteiger partial charge on any atom is -0.478 e. The van der Waals surface area contributed by atoms with Gasteiger partial charge < -0.3 is 5.11 Å². The van der Waals surface area contributed by atoms with E-state index in [1.165, 1.54) is 22.9 Å². The van der Waals surface area contributed by atoms with Gasteiger partial charge in [-0.3, -0.25) is 0 Å². The van der Waals surface area contributed by atoms with E-state index in [4.69, 9.17) is 5.11 Å². The quantitative estimate of drug-likeness (QED) is 0.779. The summed E-state index contributed by atoms with van der Waals surface area (Å²) in [6.07, 6.45) is 0. The number of hydrogen-bond acceptors (Lipinski definition) is 3. The third-order valence-corrected chi connectivity index (χ3v) is 2.78. The molecule has 0 aliphatic heterocycles. The molecule has 0 bridgehead atoms. The Morgan fingerprint density at radius 3 is 2.45 bits per heavy atom. The molecule has 5 nitrogen and oxygen atoms in total. The SMILES string of the molecule is O=C(O)c1ccc2c(c1)nnn2-c1cc(F)cc(F)c1. The fraction of sp³-hybridized carbons (Fsp3) is 0. The standard InChI is InChI=1S/C13H7F2N3O2/c14-8-4-9(15)6-10(5-8)18-12-2-1-7(13(19)20)3-11(12)16-17-18/h1-6H,(H,19,20). The van der Waals surface area contributed by atoms with Crippen LogP contribution in [0.5, 0.6) is 0 Å². The second-order valence-electron chi connectivity index (χ2n) is 4.14. The fourth-order valence-corrected chi connectivity index (χ4v) is 1.91. The van der Waals surface area contributed by atoms with Gasteiger partial charge in [0.25, 0.3) is 0 Å². The molecule has 7 heteroatoms. The van der Waals surface area contributed by atoms with Gasteiger partial charge in [-0.2, -0.15) is 0 Å². The van der Waals surface area contributed by atoms with Crippen LogP contribution in [0.2, 0.25) is 0 Å². The number of rotatable bonds is 2. The Balaban J connectivity index is 2.19. The lowest BCUT2D eigenvalue weighted by molar-refractivity contribution is 0.0697. The molecule has 1 heterocycles. The van der Waals surface area contributed by atoms with E-state index in [1.807, 2.05) is 0 Å². The van der Waals surface area contributed by atoms with Gasteiger partial charge in [0.2, 0.25) is 0 Å². The number of aromatic nitrogens is 3. The number of aromatic carboxylic acids is 1. The van der Waals surface area contributed by atoms with Crippen LogP contribution in [0.3, 0.4) is 0 Å². The molecule has 1 N–H and O–H groups in total. The van der Waals surface area contributed by atoms with E-state index in [0.29, 0.717) is 11.0 Å². The van der Waals surface area contributed by atoms with Gasteiger partial charge in [-0.25, -0.2) is 18.3 Å². The Morgan fingerprint density at radius 2 is 1.80 bits per heavy atom. The van der Waals surface area contributed by atoms with E-state index in [0.717, 1.165) is 18.2 Å². The van der Waals surface area contributed by atoms with Gasteiger partial charge in [0.15, 0.2) is 0 Å². The zero-order chi connectivity index (χ0) is 14.3. The number of hydrogen-bond donors (Lipinski definition) is 1. The highest BCUT2D eigenvalue weighted by molar-refractivity contribution is 5.92. The van der Waals surface area contributed by atoms with Crippen molar-refractivity contribution in [2.75, 3.05) is 0 Å². The average molecular weight is 275 g/mol. The lowest BCUT2D eigenvalue weighted by Crippen LogP contribution is -1.99. The van der Waals surface area contributed by atoms with Gasteiger partial charge in [-0.05, 0) is 30.3 Å². The number of benzene rings is 2. The second-order valence-corrected chi connectivity index (χ2v) is 4.14. The Kier molecular flexibility index (Phi) is 2.67. The molecule has 3 aromatic rings. The van der Waals surface area contributed by atoms with Crippen molar-refractivity contribution in [2.45, 2.75) is 0 Å². The Morgan fingerprint density at radius 1 is 1.10 bits per heavy atom. The highest BCUT2D eigenvalue weighted by atomic mass is 19.1. The first-order chi connectivity index (χ1) is 9.54. The average Bonchev–Trinajstić information content (AvgIpc) is 2.80. The molecule has 0 unspecified atom stereocenters. The second kappa shape index (κ2) is 4.37. The minimum absolute atomic E-state index is 0.0648. The van der Waals surface area contributed by atoms with Crippen LogP contribution in [0.25, 0.3) is 16.7 Å². The molecule has 0 fully saturated rings. The minimum atomic E-state index is -1.08. The highest BCUT2D eigenvalue weighted by Gasteiger charge is 2.11. The van der Waals surface area contributed by atoms with Crippen molar-refractivity contribution >= 4 is 17.0 Å². The molecule has 0 aliphatic carbocycles. The van der Waals surface area contributed by atoms with Gasteiger partial charge in [0, 0.05) is 6.07 Å². The van der Waals surface area contributed by atoms with Crippen LogP contribution in [0.1, 0.15) is 10.4 Å². The van der Waals surface area contributed by atoms with E-state index in [-0.39, 0.29) is 11.3 Å². The van der Waals surface area contributed by atoms with Crippen LogP contribution in [0.4, 0.5) is 8.78 Å². The van der Waals surface area contributed by atoms with Crippen LogP contribution in [-0.4, -0.2) is 26.1 Å². The Labute approximate surface area is 111 Å². The van der Waals surface area contributed by atoms with Crippen molar-refractivity contribution in [1.82, 2.24) is 15.0 Å². The third kappa shape index (κ3) is 1.99. The van der Waals surface area contributed by atoms with Gasteiger partial charge in [0.1, 0.15) is 17.2 Å². The third-order valence-electron chi connectivity index (χ3n) is 2.78. The summed E-state index contributed by atoms with van der Waals surface area (Å²) in [5.41, 5.74) is 1.03. The molecule has 0 amide bonds. The van der Waals surface area contributed by atoms with Gasteiger partial charge in [-0.1, -0.05) is 5.21 Å². The lowest BCUT2D eigenvalue weighted by atomic mass is 10.2. The van der Waals surface area contributed by atoms with E-state index in [9.17, 15) is 13.6 Å². The number of nitrogens with zero attached hydrogens (tertiary/aromatic N) is 3. The first-order valence-electron chi connectivity index (χ1n) is 5.60. The number of fused-ring (bicyclic) bond motifs is 1. The first-order valence-corrected chi connectivity index (χ1v) is 5.60. The van der Waals surface area contributed by atoms with Gasteiger partial charge in [0.05, 0.1) is 16.8 Å². The molecule has 3 rings (SSSR count). The van der Waals surface area contributed by atoms with Crippen molar-refractivity contribution in [3.05, 3.63) is 53.6 Å². The van der Waals surface area contributed by atoms with Crippen LogP contribution in [0.15, 0.2) is 36.4 Å². The van der Waals surface area contributed by atoms with E-state index < -0.39 is 17.6 Å². The summed E-state index contributed by atoms with van der Waals surface area (Å²) in [6, 6.07) is 7.19. The largest absolute Gasteiger partial charge is 0.478 e. The van der Waals surface area contributed by atoms with E-state index in [1.54, 1.807) is 0 Å². The molecule has 0 radical (unpaired) electrons. The monoisotopic (exact) mass is 275 g/mol. The van der Waals surface area contributed by atoms with Gasteiger partial charge in [-0.15, -0.1) is 5.10 Å². The summed E-state index contributed by atoms with van der Waals surface area (Å²) in [5.74, 6) is -2.55. The molecule has 0 aliphatic rings. The van der Waals surface area contributed by atoms with Crippen molar-refractivity contribution < 1.29 is 18.7 Å². The summed E-state index contributed by atoms with van der Waals surface area (Å²) in [6.45, 7) is 0. The number of carboxylic acid groups (broad SMARTS) is 1. The summed E-state index contributed by atoms with van der Waals surface area (Å²) >= 11 is 0. The Bertz CT molecular complexity index is 809. The lowest BCUT2D eigenvalue weighted by Gasteiger charge is -2.03. The molecular weight excluding hydrogens is 268 g/mol. The number of carboxylic acids is 1. The predicted octanol–water partition coefficient (Wildman–Crippen LogP) is 2.40. The first kappa shape index (κ1) is 12.2. The molecule has 0 spiro atoms. The van der Waals surface area contributed by atoms with Crippen LogP contribution in [-0.2, 0) is 0 Å². The molecule has 1 aromatic heterocycles. The maximum atomic E-state index is 13.2. The molecule has 0 saturated carbocycles. The van der Waals surface area contributed by atoms with E-state index in [2.05, 4.69) is 10.3 Å². The van der Waals surface area contributed by atoms with Crippen molar-refractivity contribution in [1.29, 1.82) is 0 Å².